The number of carbonyl (C=O) groups excluding carboxylic acids is 1. The quantitative estimate of drug-likeness (QED) is 0.254. The molecule has 0 saturated carbocycles. The summed E-state index contributed by atoms with van der Waals surface area (Å²) in [7, 11) is 1.79. The Morgan fingerprint density at radius 2 is 1.83 bits per heavy atom. The molecule has 0 atom stereocenters. The van der Waals surface area contributed by atoms with Crippen LogP contribution in [0.5, 0.6) is 0 Å². The number of hydrogen-bond donors (Lipinski definition) is 0. The molecule has 2 aliphatic rings. The molecular formula is C26H27F6N7O3. The lowest BCUT2D eigenvalue weighted by Crippen LogP contribution is -2.49. The molecule has 10 nitrogen and oxygen atoms in total. The third-order valence-corrected chi connectivity index (χ3v) is 7.18. The number of alkyl halides is 5. The minimum atomic E-state index is -4.31. The lowest BCUT2D eigenvalue weighted by Gasteiger charge is -2.40. The van der Waals surface area contributed by atoms with E-state index in [1.807, 2.05) is 4.90 Å². The fraction of sp³-hybridized carbons (Fsp3) is 0.462. The first kappa shape index (κ1) is 29.6. The largest absolute Gasteiger partial charge is 0.415 e. The van der Waals surface area contributed by atoms with E-state index in [2.05, 4.69) is 15.2 Å². The van der Waals surface area contributed by atoms with Gasteiger partial charge in [0.25, 0.3) is 5.89 Å². The summed E-state index contributed by atoms with van der Waals surface area (Å²) in [5, 5.41) is 6.87. The zero-order valence-corrected chi connectivity index (χ0v) is 22.4. The second-order valence-electron chi connectivity index (χ2n) is 9.99. The van der Waals surface area contributed by atoms with Crippen LogP contribution in [-0.4, -0.2) is 91.7 Å². The van der Waals surface area contributed by atoms with E-state index >= 15 is 4.39 Å². The van der Waals surface area contributed by atoms with Gasteiger partial charge in [0, 0.05) is 45.5 Å². The highest BCUT2D eigenvalue weighted by molar-refractivity contribution is 5.86. The molecule has 16 heteroatoms. The summed E-state index contributed by atoms with van der Waals surface area (Å²) in [5.41, 5.74) is 1.73. The topological polar surface area (TPSA) is 91.1 Å². The van der Waals surface area contributed by atoms with E-state index in [0.717, 1.165) is 0 Å². The van der Waals surface area contributed by atoms with E-state index in [-0.39, 0.29) is 56.0 Å². The predicted molar refractivity (Wildman–Crippen MR) is 139 cm³/mol. The van der Waals surface area contributed by atoms with Crippen molar-refractivity contribution in [2.24, 2.45) is 0 Å². The number of ether oxygens (including phenoxy) is 1. The molecule has 0 bridgehead atoms. The van der Waals surface area contributed by atoms with Crippen molar-refractivity contribution in [2.45, 2.75) is 25.2 Å². The van der Waals surface area contributed by atoms with Crippen LogP contribution in [-0.2, 0) is 16.1 Å². The van der Waals surface area contributed by atoms with E-state index in [1.165, 1.54) is 28.1 Å². The lowest BCUT2D eigenvalue weighted by atomic mass is 10.1. The molecule has 1 aromatic carbocycles. The van der Waals surface area contributed by atoms with Gasteiger partial charge in [-0.15, -0.1) is 10.2 Å². The molecule has 0 aliphatic carbocycles. The molecule has 2 aromatic heterocycles. The summed E-state index contributed by atoms with van der Waals surface area (Å²) in [6.45, 7) is 0.454. The van der Waals surface area contributed by atoms with Crippen molar-refractivity contribution in [2.75, 3.05) is 67.7 Å². The van der Waals surface area contributed by atoms with Crippen molar-refractivity contribution in [3.8, 4) is 11.5 Å². The number of carbonyl (C=O) groups is 1. The minimum absolute atomic E-state index is 0.0239. The summed E-state index contributed by atoms with van der Waals surface area (Å²) in [6, 6.07) is 5.88. The fourth-order valence-electron chi connectivity index (χ4n) is 4.78. The van der Waals surface area contributed by atoms with Crippen LogP contribution in [0.25, 0.3) is 11.5 Å². The van der Waals surface area contributed by atoms with Crippen molar-refractivity contribution >= 4 is 23.5 Å². The normalized spacial score (nSPS) is 16.5. The van der Waals surface area contributed by atoms with Gasteiger partial charge >= 0.3 is 12.6 Å². The average Bonchev–Trinajstić information content (AvgIpc) is 3.41. The average molecular weight is 600 g/mol. The molecule has 3 aromatic rings. The SMILES string of the molecule is CN(c1cc(N2CCN(CC(F)(F)F)CC2)c(F)cc1N(C=O)Cc1ccc(-c2nnc(C(F)F)o2)cn1)C1COC1. The maximum Gasteiger partial charge on any atom is 0.401 e. The van der Waals surface area contributed by atoms with Crippen LogP contribution in [0.15, 0.2) is 34.9 Å². The van der Waals surface area contributed by atoms with E-state index < -0.39 is 30.9 Å². The van der Waals surface area contributed by atoms with Crippen molar-refractivity contribution in [1.82, 2.24) is 20.1 Å². The second-order valence-corrected chi connectivity index (χ2v) is 9.99. The zero-order chi connectivity index (χ0) is 30.0. The predicted octanol–water partition coefficient (Wildman–Crippen LogP) is 3.89. The first-order valence-electron chi connectivity index (χ1n) is 13.0. The Bertz CT molecular complexity index is 1380. The summed E-state index contributed by atoms with van der Waals surface area (Å²) in [6.07, 6.45) is -5.35. The van der Waals surface area contributed by atoms with Gasteiger partial charge in [0.15, 0.2) is 0 Å². The van der Waals surface area contributed by atoms with Gasteiger partial charge in [-0.2, -0.15) is 22.0 Å². The van der Waals surface area contributed by atoms with Gasteiger partial charge in [0.2, 0.25) is 12.3 Å². The molecule has 2 aliphatic heterocycles. The number of benzene rings is 1. The van der Waals surface area contributed by atoms with Crippen molar-refractivity contribution in [3.05, 3.63) is 47.9 Å². The van der Waals surface area contributed by atoms with E-state index in [1.54, 1.807) is 24.1 Å². The zero-order valence-electron chi connectivity index (χ0n) is 22.4. The molecule has 42 heavy (non-hydrogen) atoms. The highest BCUT2D eigenvalue weighted by Gasteiger charge is 2.33. The molecule has 5 rings (SSSR count). The molecule has 0 spiro atoms. The molecule has 0 unspecified atom stereocenters. The van der Waals surface area contributed by atoms with E-state index in [9.17, 15) is 26.7 Å². The molecule has 1 amide bonds. The lowest BCUT2D eigenvalue weighted by molar-refractivity contribution is -0.146. The van der Waals surface area contributed by atoms with Gasteiger partial charge < -0.3 is 23.9 Å². The van der Waals surface area contributed by atoms with Crippen LogP contribution in [0.1, 0.15) is 18.0 Å². The summed E-state index contributed by atoms with van der Waals surface area (Å²) < 4.78 is 89.8. The minimum Gasteiger partial charge on any atom is -0.415 e. The highest BCUT2D eigenvalue weighted by Crippen LogP contribution is 2.38. The standard InChI is InChI=1S/C26H27F6N7O3/c1-36(18-12-41-13-18)21-9-20(38-6-4-37(5-7-38)14-26(30,31)32)19(27)8-22(21)39(15-40)11-17-3-2-16(10-33-17)24-34-35-25(42-24)23(28)29/h2-3,8-10,15,18,23H,4-7,11-14H2,1H3. The Morgan fingerprint density at radius 3 is 2.38 bits per heavy atom. The van der Waals surface area contributed by atoms with Gasteiger partial charge in [-0.05, 0) is 18.2 Å². The van der Waals surface area contributed by atoms with Crippen molar-refractivity contribution in [1.29, 1.82) is 0 Å². The molecule has 0 radical (unpaired) electrons. The molecule has 226 valence electrons. The maximum absolute atomic E-state index is 15.6. The number of halogens is 6. The van der Waals surface area contributed by atoms with Crippen LogP contribution in [0, 0.1) is 5.82 Å². The van der Waals surface area contributed by atoms with E-state index in [4.69, 9.17) is 9.15 Å². The van der Waals surface area contributed by atoms with Gasteiger partial charge in [-0.3, -0.25) is 14.7 Å². The number of nitrogens with zero attached hydrogens (tertiary/aromatic N) is 7. The Kier molecular flexibility index (Phi) is 8.54. The number of hydrogen-bond acceptors (Lipinski definition) is 9. The number of rotatable bonds is 10. The Labute approximate surface area is 236 Å². The molecular weight excluding hydrogens is 572 g/mol. The van der Waals surface area contributed by atoms with Crippen LogP contribution in [0.3, 0.4) is 0 Å². The first-order valence-corrected chi connectivity index (χ1v) is 13.0. The van der Waals surface area contributed by atoms with Crippen molar-refractivity contribution < 1.29 is 40.3 Å². The number of aromatic nitrogens is 3. The molecule has 2 saturated heterocycles. The number of piperazine rings is 1. The second kappa shape index (κ2) is 12.1. The van der Waals surface area contributed by atoms with Gasteiger partial charge in [0.1, 0.15) is 5.82 Å². The summed E-state index contributed by atoms with van der Waals surface area (Å²) in [5.74, 6) is -1.58. The van der Waals surface area contributed by atoms with E-state index in [0.29, 0.717) is 36.6 Å². The summed E-state index contributed by atoms with van der Waals surface area (Å²) >= 11 is 0. The Hall–Kier alpha value is -3.92. The number of amides is 1. The maximum atomic E-state index is 15.6. The number of pyridine rings is 1. The van der Waals surface area contributed by atoms with Crippen molar-refractivity contribution in [3.63, 3.8) is 0 Å². The highest BCUT2D eigenvalue weighted by atomic mass is 19.4. The number of anilines is 3. The first-order chi connectivity index (χ1) is 20.0. The third kappa shape index (κ3) is 6.59. The number of likely N-dealkylation sites (N-methyl/N-ethyl adjacent to an activating group) is 1. The van der Waals surface area contributed by atoms with Crippen LogP contribution >= 0.6 is 0 Å². The molecule has 0 N–H and O–H groups in total. The van der Waals surface area contributed by atoms with Crippen LogP contribution < -0.4 is 14.7 Å². The van der Waals surface area contributed by atoms with Crippen LogP contribution in [0.2, 0.25) is 0 Å². The summed E-state index contributed by atoms with van der Waals surface area (Å²) in [4.78, 5) is 22.7. The Balaban J connectivity index is 1.38. The molecule has 4 heterocycles. The van der Waals surface area contributed by atoms with Gasteiger partial charge in [-0.1, -0.05) is 0 Å². The fourth-order valence-corrected chi connectivity index (χ4v) is 4.78. The monoisotopic (exact) mass is 599 g/mol. The van der Waals surface area contributed by atoms with Crippen LogP contribution in [0.4, 0.5) is 43.4 Å². The smallest absolute Gasteiger partial charge is 0.401 e. The Morgan fingerprint density at radius 1 is 1.10 bits per heavy atom. The van der Waals surface area contributed by atoms with Gasteiger partial charge in [0.05, 0.1) is 60.7 Å². The third-order valence-electron chi connectivity index (χ3n) is 7.18. The van der Waals surface area contributed by atoms with Gasteiger partial charge in [-0.25, -0.2) is 4.39 Å². The molecule has 2 fully saturated rings.